The van der Waals surface area contributed by atoms with Gasteiger partial charge in [-0.25, -0.2) is 0 Å². The Bertz CT molecular complexity index is 684. The van der Waals surface area contributed by atoms with Crippen LogP contribution in [0.5, 0.6) is 5.75 Å². The van der Waals surface area contributed by atoms with Crippen molar-refractivity contribution in [3.05, 3.63) is 64.2 Å². The fourth-order valence-corrected chi connectivity index (χ4v) is 3.00. The van der Waals surface area contributed by atoms with Gasteiger partial charge in [-0.15, -0.1) is 0 Å². The van der Waals surface area contributed by atoms with Crippen LogP contribution in [0.25, 0.3) is 0 Å². The van der Waals surface area contributed by atoms with Gasteiger partial charge in [0.15, 0.2) is 0 Å². The molecule has 3 rings (SSSR count). The van der Waals surface area contributed by atoms with Gasteiger partial charge in [-0.1, -0.05) is 41.9 Å². The van der Waals surface area contributed by atoms with Gasteiger partial charge in [0, 0.05) is 23.7 Å². The first kappa shape index (κ1) is 14.0. The Hall–Kier alpha value is -2.00. The second-order valence-electron chi connectivity index (χ2n) is 5.25. The zero-order valence-electron chi connectivity index (χ0n) is 11.6. The molecule has 1 amide bonds. The molecule has 1 N–H and O–H groups in total. The molecular weight excluding hydrogens is 286 g/mol. The molecule has 0 radical (unpaired) electrons. The monoisotopic (exact) mass is 301 g/mol. The summed E-state index contributed by atoms with van der Waals surface area (Å²) in [6, 6.07) is 12.8. The number of carbonyl (C=O) groups excluding carboxylic acids is 1. The van der Waals surface area contributed by atoms with Crippen LogP contribution < -0.4 is 0 Å². The molecule has 0 aromatic heterocycles. The van der Waals surface area contributed by atoms with Crippen molar-refractivity contribution in [3.63, 3.8) is 0 Å². The predicted octanol–water partition coefficient (Wildman–Crippen LogP) is 3.17. The van der Waals surface area contributed by atoms with E-state index in [9.17, 15) is 9.90 Å². The number of hydrogen-bond donors (Lipinski definition) is 1. The Kier molecular flexibility index (Phi) is 3.84. The number of benzene rings is 2. The van der Waals surface area contributed by atoms with Crippen LogP contribution in [-0.4, -0.2) is 22.5 Å². The summed E-state index contributed by atoms with van der Waals surface area (Å²) in [4.78, 5) is 14.2. The molecule has 3 nitrogen and oxygen atoms in total. The highest BCUT2D eigenvalue weighted by atomic mass is 35.5. The van der Waals surface area contributed by atoms with Crippen molar-refractivity contribution in [2.45, 2.75) is 19.4 Å². The Labute approximate surface area is 128 Å². The zero-order valence-corrected chi connectivity index (χ0v) is 12.3. The van der Waals surface area contributed by atoms with Crippen LogP contribution in [0.1, 0.15) is 16.7 Å². The van der Waals surface area contributed by atoms with E-state index >= 15 is 0 Å². The van der Waals surface area contributed by atoms with E-state index in [2.05, 4.69) is 0 Å². The molecule has 0 fully saturated rings. The SMILES string of the molecule is O=C(Cc1ccccc1O)N1CCc2c(Cl)cccc2C1. The van der Waals surface area contributed by atoms with Gasteiger partial charge in [-0.3, -0.25) is 4.79 Å². The van der Waals surface area contributed by atoms with Crippen LogP contribution in [0, 0.1) is 0 Å². The number of amides is 1. The van der Waals surface area contributed by atoms with E-state index in [1.54, 1.807) is 18.2 Å². The molecule has 0 saturated carbocycles. The van der Waals surface area contributed by atoms with E-state index in [-0.39, 0.29) is 18.1 Å². The van der Waals surface area contributed by atoms with Crippen molar-refractivity contribution < 1.29 is 9.90 Å². The number of aromatic hydroxyl groups is 1. The van der Waals surface area contributed by atoms with Gasteiger partial charge in [-0.05, 0) is 29.7 Å². The number of rotatable bonds is 2. The van der Waals surface area contributed by atoms with Crippen molar-refractivity contribution in [1.82, 2.24) is 4.90 Å². The van der Waals surface area contributed by atoms with E-state index in [0.29, 0.717) is 18.7 Å². The molecule has 0 bridgehead atoms. The number of para-hydroxylation sites is 1. The van der Waals surface area contributed by atoms with Crippen molar-refractivity contribution in [2.24, 2.45) is 0 Å². The maximum absolute atomic E-state index is 12.4. The number of halogens is 1. The summed E-state index contributed by atoms with van der Waals surface area (Å²) in [6.07, 6.45) is 1.00. The topological polar surface area (TPSA) is 40.5 Å². The minimum Gasteiger partial charge on any atom is -0.508 e. The smallest absolute Gasteiger partial charge is 0.227 e. The van der Waals surface area contributed by atoms with E-state index < -0.39 is 0 Å². The number of phenolic OH excluding ortho intramolecular Hbond substituents is 1. The second-order valence-corrected chi connectivity index (χ2v) is 5.66. The molecule has 0 saturated heterocycles. The van der Waals surface area contributed by atoms with Crippen molar-refractivity contribution in [1.29, 1.82) is 0 Å². The van der Waals surface area contributed by atoms with Crippen LogP contribution in [0.15, 0.2) is 42.5 Å². The lowest BCUT2D eigenvalue weighted by atomic mass is 9.99. The van der Waals surface area contributed by atoms with Crippen molar-refractivity contribution in [2.75, 3.05) is 6.54 Å². The molecule has 2 aromatic rings. The molecule has 0 atom stereocenters. The summed E-state index contributed by atoms with van der Waals surface area (Å²) in [5.41, 5.74) is 2.92. The summed E-state index contributed by atoms with van der Waals surface area (Å²) in [6.45, 7) is 1.26. The largest absolute Gasteiger partial charge is 0.508 e. The highest BCUT2D eigenvalue weighted by Crippen LogP contribution is 2.26. The highest BCUT2D eigenvalue weighted by molar-refractivity contribution is 6.31. The lowest BCUT2D eigenvalue weighted by molar-refractivity contribution is -0.131. The molecule has 108 valence electrons. The average Bonchev–Trinajstić information content (AvgIpc) is 2.49. The third-order valence-electron chi connectivity index (χ3n) is 3.89. The molecule has 0 aliphatic carbocycles. The van der Waals surface area contributed by atoms with Crippen LogP contribution in [-0.2, 0) is 24.2 Å². The van der Waals surface area contributed by atoms with Gasteiger partial charge in [-0.2, -0.15) is 0 Å². The van der Waals surface area contributed by atoms with E-state index in [1.807, 2.05) is 29.2 Å². The molecular formula is C17H16ClNO2. The van der Waals surface area contributed by atoms with Gasteiger partial charge in [0.05, 0.1) is 6.42 Å². The number of phenols is 1. The number of fused-ring (bicyclic) bond motifs is 1. The first-order valence-electron chi connectivity index (χ1n) is 6.96. The van der Waals surface area contributed by atoms with E-state index in [1.165, 1.54) is 0 Å². The molecule has 0 unspecified atom stereocenters. The Morgan fingerprint density at radius 3 is 2.81 bits per heavy atom. The Morgan fingerprint density at radius 2 is 2.00 bits per heavy atom. The molecule has 1 aliphatic heterocycles. The minimum absolute atomic E-state index is 0.0297. The van der Waals surface area contributed by atoms with E-state index in [0.717, 1.165) is 22.6 Å². The molecule has 2 aromatic carbocycles. The molecule has 1 aliphatic rings. The molecule has 1 heterocycles. The second kappa shape index (κ2) is 5.78. The predicted molar refractivity (Wildman–Crippen MR) is 82.4 cm³/mol. The summed E-state index contributed by atoms with van der Waals surface area (Å²) in [7, 11) is 0. The van der Waals surface area contributed by atoms with Crippen molar-refractivity contribution >= 4 is 17.5 Å². The summed E-state index contributed by atoms with van der Waals surface area (Å²) in [5.74, 6) is 0.202. The van der Waals surface area contributed by atoms with Gasteiger partial charge < -0.3 is 10.0 Å². The van der Waals surface area contributed by atoms with E-state index in [4.69, 9.17) is 11.6 Å². The average molecular weight is 302 g/mol. The lowest BCUT2D eigenvalue weighted by Gasteiger charge is -2.29. The fourth-order valence-electron chi connectivity index (χ4n) is 2.71. The minimum atomic E-state index is 0.0297. The summed E-state index contributed by atoms with van der Waals surface area (Å²) < 4.78 is 0. The van der Waals surface area contributed by atoms with Gasteiger partial charge >= 0.3 is 0 Å². The highest BCUT2D eigenvalue weighted by Gasteiger charge is 2.22. The zero-order chi connectivity index (χ0) is 14.8. The number of carbonyl (C=O) groups is 1. The third kappa shape index (κ3) is 2.88. The van der Waals surface area contributed by atoms with Crippen LogP contribution in [0.2, 0.25) is 5.02 Å². The quantitative estimate of drug-likeness (QED) is 0.925. The maximum atomic E-state index is 12.4. The molecule has 21 heavy (non-hydrogen) atoms. The standard InChI is InChI=1S/C17H16ClNO2/c18-15-6-3-5-13-11-19(9-8-14(13)15)17(21)10-12-4-1-2-7-16(12)20/h1-7,20H,8-11H2. The summed E-state index contributed by atoms with van der Waals surface area (Å²) >= 11 is 6.18. The fraction of sp³-hybridized carbons (Fsp3) is 0.235. The van der Waals surface area contributed by atoms with Crippen molar-refractivity contribution in [3.8, 4) is 5.75 Å². The third-order valence-corrected chi connectivity index (χ3v) is 4.25. The summed E-state index contributed by atoms with van der Waals surface area (Å²) in [5, 5.41) is 10.5. The van der Waals surface area contributed by atoms with Gasteiger partial charge in [0.2, 0.25) is 5.91 Å². The first-order valence-corrected chi connectivity index (χ1v) is 7.34. The molecule has 0 spiro atoms. The maximum Gasteiger partial charge on any atom is 0.227 e. The Balaban J connectivity index is 1.74. The van der Waals surface area contributed by atoms with Gasteiger partial charge in [0.25, 0.3) is 0 Å². The lowest BCUT2D eigenvalue weighted by Crippen LogP contribution is -2.37. The van der Waals surface area contributed by atoms with Crippen LogP contribution >= 0.6 is 11.6 Å². The normalized spacial score (nSPS) is 13.9. The number of hydrogen-bond acceptors (Lipinski definition) is 2. The number of nitrogens with zero attached hydrogens (tertiary/aromatic N) is 1. The van der Waals surface area contributed by atoms with Gasteiger partial charge in [0.1, 0.15) is 5.75 Å². The molecule has 4 heteroatoms. The first-order chi connectivity index (χ1) is 10.1. The Morgan fingerprint density at radius 1 is 1.19 bits per heavy atom. The van der Waals surface area contributed by atoms with Crippen LogP contribution in [0.3, 0.4) is 0 Å². The van der Waals surface area contributed by atoms with Crippen LogP contribution in [0.4, 0.5) is 0 Å².